The van der Waals surface area contributed by atoms with Gasteiger partial charge in [0, 0.05) is 26.3 Å². The predicted molar refractivity (Wildman–Crippen MR) is 94.7 cm³/mol. The molecule has 2 heterocycles. The van der Waals surface area contributed by atoms with E-state index in [1.807, 2.05) is 0 Å². The maximum Gasteiger partial charge on any atom is 0.573 e. The Hall–Kier alpha value is -2.82. The third-order valence-corrected chi connectivity index (χ3v) is 5.16. The van der Waals surface area contributed by atoms with Gasteiger partial charge in [0.2, 0.25) is 0 Å². The van der Waals surface area contributed by atoms with Crippen molar-refractivity contribution in [3.05, 3.63) is 53.8 Å². The standard InChI is InChI=1S/C17H16F3N3O4S/c1-22(10-12-2-5-14(6-3-12)27-17(18,19)20)16(24)13-4-7-15-21-28(25,26)9-8-23(15)11-13/h2-7,11H,8-10H2,1H3. The number of rotatable bonds is 4. The zero-order valence-electron chi connectivity index (χ0n) is 14.7. The van der Waals surface area contributed by atoms with Crippen molar-refractivity contribution in [2.45, 2.75) is 12.9 Å². The number of nitrogens with zero attached hydrogens (tertiary/aromatic N) is 3. The van der Waals surface area contributed by atoms with Crippen molar-refractivity contribution in [3.8, 4) is 5.75 Å². The number of hydrogen-bond acceptors (Lipinski definition) is 5. The van der Waals surface area contributed by atoms with Gasteiger partial charge in [0.05, 0.1) is 11.3 Å². The van der Waals surface area contributed by atoms with Gasteiger partial charge in [-0.1, -0.05) is 12.1 Å². The van der Waals surface area contributed by atoms with Crippen molar-refractivity contribution in [3.63, 3.8) is 0 Å². The lowest BCUT2D eigenvalue weighted by molar-refractivity contribution is -0.274. The molecule has 3 rings (SSSR count). The lowest BCUT2D eigenvalue weighted by atomic mass is 10.1. The normalized spacial score (nSPS) is 18.1. The van der Waals surface area contributed by atoms with Crippen LogP contribution in [0.5, 0.6) is 5.75 Å². The van der Waals surface area contributed by atoms with E-state index in [2.05, 4.69) is 9.13 Å². The SMILES string of the molecule is CN(Cc1ccc(OC(F)(F)F)cc1)C(=O)C1=CN2CCS(=O)(=O)N=C2C=C1. The van der Waals surface area contributed by atoms with Crippen LogP contribution in [-0.4, -0.2) is 55.7 Å². The predicted octanol–water partition coefficient (Wildman–Crippen LogP) is 2.04. The molecule has 0 saturated carbocycles. The number of alkyl halides is 3. The number of carbonyl (C=O) groups excluding carboxylic acids is 1. The van der Waals surface area contributed by atoms with E-state index in [1.54, 1.807) is 11.9 Å². The van der Waals surface area contributed by atoms with Crippen LogP contribution in [0.15, 0.2) is 52.6 Å². The van der Waals surface area contributed by atoms with Crippen molar-refractivity contribution < 1.29 is 31.1 Å². The number of benzene rings is 1. The smallest absolute Gasteiger partial charge is 0.406 e. The van der Waals surface area contributed by atoms with E-state index in [9.17, 15) is 26.4 Å². The van der Waals surface area contributed by atoms with Crippen molar-refractivity contribution >= 4 is 21.8 Å². The van der Waals surface area contributed by atoms with Gasteiger partial charge in [0.15, 0.2) is 0 Å². The Morgan fingerprint density at radius 3 is 2.57 bits per heavy atom. The zero-order chi connectivity index (χ0) is 20.5. The molecule has 2 aliphatic rings. The molecule has 0 aromatic heterocycles. The first-order valence-corrected chi connectivity index (χ1v) is 9.73. The first-order chi connectivity index (χ1) is 13.0. The van der Waals surface area contributed by atoms with Crippen LogP contribution >= 0.6 is 0 Å². The Morgan fingerprint density at radius 1 is 1.25 bits per heavy atom. The van der Waals surface area contributed by atoms with Crippen molar-refractivity contribution in [2.24, 2.45) is 4.40 Å². The van der Waals surface area contributed by atoms with E-state index < -0.39 is 16.4 Å². The van der Waals surface area contributed by atoms with Gasteiger partial charge < -0.3 is 14.5 Å². The summed E-state index contributed by atoms with van der Waals surface area (Å²) in [6.07, 6.45) is -0.285. The molecular weight excluding hydrogens is 399 g/mol. The average Bonchev–Trinajstić information content (AvgIpc) is 2.60. The highest BCUT2D eigenvalue weighted by atomic mass is 32.2. The van der Waals surface area contributed by atoms with Gasteiger partial charge in [0.25, 0.3) is 15.9 Å². The van der Waals surface area contributed by atoms with Crippen LogP contribution in [0.1, 0.15) is 5.56 Å². The fraction of sp³-hybridized carbons (Fsp3) is 0.294. The highest BCUT2D eigenvalue weighted by molar-refractivity contribution is 7.90. The summed E-state index contributed by atoms with van der Waals surface area (Å²) in [7, 11) is -1.92. The molecule has 0 atom stereocenters. The number of amides is 1. The Kier molecular flexibility index (Phi) is 5.20. The number of sulfonamides is 1. The van der Waals surface area contributed by atoms with E-state index in [1.165, 1.54) is 47.5 Å². The maximum atomic E-state index is 12.6. The lowest BCUT2D eigenvalue weighted by Gasteiger charge is -2.28. The van der Waals surface area contributed by atoms with E-state index in [0.29, 0.717) is 11.1 Å². The molecule has 11 heteroatoms. The fourth-order valence-electron chi connectivity index (χ4n) is 2.69. The summed E-state index contributed by atoms with van der Waals surface area (Å²) < 4.78 is 67.1. The molecule has 0 N–H and O–H groups in total. The highest BCUT2D eigenvalue weighted by Crippen LogP contribution is 2.23. The van der Waals surface area contributed by atoms with Crippen LogP contribution in [-0.2, 0) is 21.4 Å². The largest absolute Gasteiger partial charge is 0.573 e. The number of fused-ring (bicyclic) bond motifs is 1. The van der Waals surface area contributed by atoms with Gasteiger partial charge in [0.1, 0.15) is 11.6 Å². The van der Waals surface area contributed by atoms with Gasteiger partial charge in [-0.2, -0.15) is 0 Å². The topological polar surface area (TPSA) is 79.3 Å². The molecule has 150 valence electrons. The number of ether oxygens (including phenoxy) is 1. The number of hydrogen-bond donors (Lipinski definition) is 0. The van der Waals surface area contributed by atoms with Crippen molar-refractivity contribution in [1.82, 2.24) is 9.80 Å². The van der Waals surface area contributed by atoms with E-state index in [-0.39, 0.29) is 36.3 Å². The van der Waals surface area contributed by atoms with Gasteiger partial charge >= 0.3 is 6.36 Å². The van der Waals surface area contributed by atoms with Gasteiger partial charge in [-0.25, -0.2) is 8.42 Å². The summed E-state index contributed by atoms with van der Waals surface area (Å²) in [6, 6.07) is 5.24. The van der Waals surface area contributed by atoms with Gasteiger partial charge in [-0.05, 0) is 29.8 Å². The zero-order valence-corrected chi connectivity index (χ0v) is 15.5. The Balaban J connectivity index is 1.65. The van der Waals surface area contributed by atoms with Crippen LogP contribution < -0.4 is 4.74 Å². The highest BCUT2D eigenvalue weighted by Gasteiger charge is 2.31. The molecular formula is C17H16F3N3O4S. The monoisotopic (exact) mass is 415 g/mol. The van der Waals surface area contributed by atoms with E-state index in [0.717, 1.165) is 0 Å². The maximum absolute atomic E-state index is 12.6. The molecule has 0 saturated heterocycles. The second-order valence-electron chi connectivity index (χ2n) is 6.20. The van der Waals surface area contributed by atoms with Gasteiger partial charge in [-0.3, -0.25) is 4.79 Å². The molecule has 0 bridgehead atoms. The fourth-order valence-corrected chi connectivity index (χ4v) is 3.66. The second kappa shape index (κ2) is 7.30. The molecule has 1 aromatic carbocycles. The minimum Gasteiger partial charge on any atom is -0.406 e. The van der Waals surface area contributed by atoms with Gasteiger partial charge in [-0.15, -0.1) is 17.6 Å². The molecule has 0 aliphatic carbocycles. The van der Waals surface area contributed by atoms with E-state index in [4.69, 9.17) is 0 Å². The summed E-state index contributed by atoms with van der Waals surface area (Å²) in [5.41, 5.74) is 0.967. The third kappa shape index (κ3) is 4.91. The number of halogens is 3. The second-order valence-corrected chi connectivity index (χ2v) is 7.95. The Morgan fingerprint density at radius 2 is 1.93 bits per heavy atom. The summed E-state index contributed by atoms with van der Waals surface area (Å²) in [4.78, 5) is 15.6. The molecule has 7 nitrogen and oxygen atoms in total. The molecule has 2 aliphatic heterocycles. The number of carbonyl (C=O) groups is 1. The molecule has 1 aromatic rings. The number of amidine groups is 1. The summed E-state index contributed by atoms with van der Waals surface area (Å²) in [5.74, 6) is -0.537. The first kappa shape index (κ1) is 19.9. The van der Waals surface area contributed by atoms with E-state index >= 15 is 0 Å². The average molecular weight is 415 g/mol. The minimum atomic E-state index is -4.76. The number of likely N-dealkylation sites (N-methyl/N-ethyl adjacent to an activating group) is 1. The summed E-state index contributed by atoms with van der Waals surface area (Å²) in [6.45, 7) is 0.373. The first-order valence-electron chi connectivity index (χ1n) is 8.12. The summed E-state index contributed by atoms with van der Waals surface area (Å²) >= 11 is 0. The Labute approximate surface area is 159 Å². The van der Waals surface area contributed by atoms with Crippen LogP contribution in [0.2, 0.25) is 0 Å². The Bertz CT molecular complexity index is 966. The quantitative estimate of drug-likeness (QED) is 0.752. The molecule has 1 amide bonds. The minimum absolute atomic E-state index is 0.134. The van der Waals surface area contributed by atoms with Crippen molar-refractivity contribution in [1.29, 1.82) is 0 Å². The van der Waals surface area contributed by atoms with Crippen molar-refractivity contribution in [2.75, 3.05) is 19.3 Å². The third-order valence-electron chi connectivity index (χ3n) is 3.99. The lowest BCUT2D eigenvalue weighted by Crippen LogP contribution is -2.38. The van der Waals surface area contributed by atoms with Crippen LogP contribution in [0.4, 0.5) is 13.2 Å². The summed E-state index contributed by atoms with van der Waals surface area (Å²) in [5, 5.41) is 0. The van der Waals surface area contributed by atoms with Crippen LogP contribution in [0.25, 0.3) is 0 Å². The molecule has 0 unspecified atom stereocenters. The molecule has 28 heavy (non-hydrogen) atoms. The van der Waals surface area contributed by atoms with Crippen LogP contribution in [0.3, 0.4) is 0 Å². The molecule has 0 spiro atoms. The molecule has 0 radical (unpaired) electrons. The molecule has 0 fully saturated rings. The van der Waals surface area contributed by atoms with Crippen LogP contribution in [0, 0.1) is 0 Å².